The average molecular weight is 216 g/mol. The minimum Gasteiger partial charge on any atom is -0.383 e. The Bertz CT molecular complexity index is 440. The topological polar surface area (TPSA) is 65.2 Å². The third-order valence-corrected chi connectivity index (χ3v) is 2.26. The van der Waals surface area contributed by atoms with Crippen molar-refractivity contribution < 1.29 is 10.2 Å². The van der Waals surface area contributed by atoms with Gasteiger partial charge < -0.3 is 10.2 Å². The second kappa shape index (κ2) is 4.38. The Morgan fingerprint density at radius 1 is 1.12 bits per heavy atom. The lowest BCUT2D eigenvalue weighted by Gasteiger charge is -2.24. The van der Waals surface area contributed by atoms with Gasteiger partial charge >= 0.3 is 0 Å². The van der Waals surface area contributed by atoms with Crippen LogP contribution in [-0.2, 0) is 0 Å². The Hall–Kier alpha value is -1.78. The molecule has 82 valence electrons. The largest absolute Gasteiger partial charge is 0.383 e. The smallest absolute Gasteiger partial charge is 0.225 e. The molecular weight excluding hydrogens is 204 g/mol. The molecule has 1 aromatic rings. The summed E-state index contributed by atoms with van der Waals surface area (Å²) in [5.74, 6) is 0. The first-order chi connectivity index (χ1) is 7.71. The van der Waals surface area contributed by atoms with Gasteiger partial charge in [-0.25, -0.2) is 0 Å². The first-order valence-corrected chi connectivity index (χ1v) is 4.95. The Morgan fingerprint density at radius 3 is 2.56 bits per heavy atom. The molecule has 0 amide bonds. The highest BCUT2D eigenvalue weighted by Gasteiger charge is 2.32. The number of aliphatic hydroxyl groups is 2. The third-order valence-electron chi connectivity index (χ3n) is 2.26. The molecule has 0 spiro atoms. The number of benzene rings is 1. The highest BCUT2D eigenvalue weighted by molar-refractivity contribution is 5.35. The van der Waals surface area contributed by atoms with E-state index >= 15 is 0 Å². The van der Waals surface area contributed by atoms with E-state index in [1.165, 1.54) is 12.2 Å². The van der Waals surface area contributed by atoms with E-state index in [1.807, 2.05) is 18.2 Å². The lowest BCUT2D eigenvalue weighted by atomic mass is 10.0. The van der Waals surface area contributed by atoms with Gasteiger partial charge in [0.1, 0.15) is 6.10 Å². The van der Waals surface area contributed by atoms with Crippen LogP contribution in [0.25, 0.3) is 0 Å². The molecule has 4 heteroatoms. The van der Waals surface area contributed by atoms with Gasteiger partial charge in [0.15, 0.2) is 0 Å². The molecular formula is C12H12N2O2. The molecule has 1 aliphatic carbocycles. The number of allylic oxidation sites excluding steroid dienone is 2. The second-order valence-electron chi connectivity index (χ2n) is 3.51. The molecule has 0 saturated heterocycles. The summed E-state index contributed by atoms with van der Waals surface area (Å²) in [6.45, 7) is 0. The minimum absolute atomic E-state index is 0.631. The monoisotopic (exact) mass is 216 g/mol. The third kappa shape index (κ3) is 2.24. The van der Waals surface area contributed by atoms with Crippen LogP contribution in [0.15, 0.2) is 64.9 Å². The summed E-state index contributed by atoms with van der Waals surface area (Å²) in [5, 5.41) is 27.2. The van der Waals surface area contributed by atoms with Gasteiger partial charge in [-0.1, -0.05) is 36.4 Å². The zero-order chi connectivity index (χ0) is 11.4. The number of aliphatic hydroxyl groups excluding tert-OH is 1. The molecule has 0 fully saturated rings. The molecule has 0 aromatic heterocycles. The fraction of sp³-hybridized carbons (Fsp3) is 0.167. The van der Waals surface area contributed by atoms with Crippen LogP contribution in [-0.4, -0.2) is 22.0 Å². The van der Waals surface area contributed by atoms with E-state index in [0.717, 1.165) is 0 Å². The van der Waals surface area contributed by atoms with Crippen molar-refractivity contribution in [1.29, 1.82) is 0 Å². The molecule has 16 heavy (non-hydrogen) atoms. The minimum atomic E-state index is -1.66. The summed E-state index contributed by atoms with van der Waals surface area (Å²) in [7, 11) is 0. The van der Waals surface area contributed by atoms with Crippen molar-refractivity contribution in [3.05, 3.63) is 54.6 Å². The molecule has 0 aliphatic heterocycles. The molecule has 0 saturated carbocycles. The Kier molecular flexibility index (Phi) is 2.94. The molecule has 4 nitrogen and oxygen atoms in total. The van der Waals surface area contributed by atoms with Gasteiger partial charge in [-0.05, 0) is 18.2 Å². The van der Waals surface area contributed by atoms with Crippen molar-refractivity contribution in [3.63, 3.8) is 0 Å². The van der Waals surface area contributed by atoms with Gasteiger partial charge in [0.25, 0.3) is 0 Å². The van der Waals surface area contributed by atoms with Gasteiger partial charge in [-0.3, -0.25) is 0 Å². The molecule has 2 atom stereocenters. The van der Waals surface area contributed by atoms with Crippen molar-refractivity contribution in [2.24, 2.45) is 10.2 Å². The van der Waals surface area contributed by atoms with Crippen LogP contribution in [0.5, 0.6) is 0 Å². The summed E-state index contributed by atoms with van der Waals surface area (Å²) in [6.07, 6.45) is 5.08. The van der Waals surface area contributed by atoms with Gasteiger partial charge in [-0.15, -0.1) is 5.11 Å². The lowest BCUT2D eigenvalue weighted by Crippen LogP contribution is -2.37. The summed E-state index contributed by atoms with van der Waals surface area (Å²) < 4.78 is 0. The molecule has 0 heterocycles. The summed E-state index contributed by atoms with van der Waals surface area (Å²) >= 11 is 0. The van der Waals surface area contributed by atoms with E-state index in [1.54, 1.807) is 24.3 Å². The lowest BCUT2D eigenvalue weighted by molar-refractivity contribution is -0.0133. The molecule has 0 bridgehead atoms. The first-order valence-electron chi connectivity index (χ1n) is 4.95. The second-order valence-corrected chi connectivity index (χ2v) is 3.51. The molecule has 0 radical (unpaired) electrons. The van der Waals surface area contributed by atoms with E-state index in [0.29, 0.717) is 5.69 Å². The number of hydrogen-bond acceptors (Lipinski definition) is 4. The Labute approximate surface area is 93.3 Å². The Balaban J connectivity index is 2.18. The van der Waals surface area contributed by atoms with Gasteiger partial charge in [0.2, 0.25) is 5.72 Å². The maximum atomic E-state index is 9.95. The maximum Gasteiger partial charge on any atom is 0.225 e. The number of hydrogen-bond donors (Lipinski definition) is 2. The van der Waals surface area contributed by atoms with Crippen molar-refractivity contribution >= 4 is 5.69 Å². The van der Waals surface area contributed by atoms with Crippen LogP contribution in [0.2, 0.25) is 0 Å². The normalized spacial score (nSPS) is 28.8. The van der Waals surface area contributed by atoms with Crippen LogP contribution < -0.4 is 0 Å². The summed E-state index contributed by atoms with van der Waals surface area (Å²) in [5.41, 5.74) is -1.03. The SMILES string of the molecule is OC1C=CC=CC1(O)N=Nc1ccccc1. The van der Waals surface area contributed by atoms with Crippen molar-refractivity contribution in [2.45, 2.75) is 11.8 Å². The quantitative estimate of drug-likeness (QED) is 0.742. The predicted molar refractivity (Wildman–Crippen MR) is 60.2 cm³/mol. The molecule has 1 aliphatic rings. The zero-order valence-electron chi connectivity index (χ0n) is 8.56. The average Bonchev–Trinajstić information content (AvgIpc) is 2.32. The van der Waals surface area contributed by atoms with E-state index in [2.05, 4.69) is 10.2 Å². The molecule has 1 aromatic carbocycles. The van der Waals surface area contributed by atoms with Crippen LogP contribution in [0.4, 0.5) is 5.69 Å². The van der Waals surface area contributed by atoms with E-state index < -0.39 is 11.8 Å². The van der Waals surface area contributed by atoms with Crippen LogP contribution >= 0.6 is 0 Å². The van der Waals surface area contributed by atoms with E-state index in [4.69, 9.17) is 0 Å². The highest BCUT2D eigenvalue weighted by atomic mass is 16.4. The van der Waals surface area contributed by atoms with Crippen LogP contribution in [0, 0.1) is 0 Å². The van der Waals surface area contributed by atoms with Gasteiger partial charge in [0.05, 0.1) is 5.69 Å². The molecule has 2 unspecified atom stereocenters. The highest BCUT2D eigenvalue weighted by Crippen LogP contribution is 2.22. The fourth-order valence-corrected chi connectivity index (χ4v) is 1.33. The van der Waals surface area contributed by atoms with Crippen molar-refractivity contribution in [2.75, 3.05) is 0 Å². The summed E-state index contributed by atoms with van der Waals surface area (Å²) in [6, 6.07) is 9.05. The number of rotatable bonds is 2. The molecule has 2 N–H and O–H groups in total. The Morgan fingerprint density at radius 2 is 1.88 bits per heavy atom. The van der Waals surface area contributed by atoms with E-state index in [9.17, 15) is 10.2 Å². The van der Waals surface area contributed by atoms with Gasteiger partial charge in [-0.2, -0.15) is 5.11 Å². The predicted octanol–water partition coefficient (Wildman–Crippen LogP) is 1.95. The summed E-state index contributed by atoms with van der Waals surface area (Å²) in [4.78, 5) is 0. The van der Waals surface area contributed by atoms with E-state index in [-0.39, 0.29) is 0 Å². The van der Waals surface area contributed by atoms with Crippen LogP contribution in [0.3, 0.4) is 0 Å². The van der Waals surface area contributed by atoms with Gasteiger partial charge in [0, 0.05) is 0 Å². The standard InChI is InChI=1S/C12H12N2O2/c15-11-8-4-5-9-12(11,16)14-13-10-6-2-1-3-7-10/h1-9,11,15-16H. The number of nitrogens with zero attached hydrogens (tertiary/aromatic N) is 2. The first kappa shape index (κ1) is 10.7. The maximum absolute atomic E-state index is 9.95. The zero-order valence-corrected chi connectivity index (χ0v) is 8.56. The van der Waals surface area contributed by atoms with Crippen molar-refractivity contribution in [1.82, 2.24) is 0 Å². The van der Waals surface area contributed by atoms with Crippen molar-refractivity contribution in [3.8, 4) is 0 Å². The van der Waals surface area contributed by atoms with Crippen LogP contribution in [0.1, 0.15) is 0 Å². The fourth-order valence-electron chi connectivity index (χ4n) is 1.33. The number of azo groups is 1. The molecule has 2 rings (SSSR count).